The molecule has 0 radical (unpaired) electrons. The summed E-state index contributed by atoms with van der Waals surface area (Å²) >= 11 is 0. The van der Waals surface area contributed by atoms with Crippen molar-refractivity contribution in [1.29, 1.82) is 0 Å². The van der Waals surface area contributed by atoms with Gasteiger partial charge in [0, 0.05) is 44.7 Å². The third-order valence-electron chi connectivity index (χ3n) is 10.4. The number of para-hydroxylation sites is 5. The highest BCUT2D eigenvalue weighted by Crippen LogP contribution is 2.47. The second-order valence-electron chi connectivity index (χ2n) is 13.3. The van der Waals surface area contributed by atoms with E-state index >= 15 is 0 Å². The molecule has 11 rings (SSSR count). The van der Waals surface area contributed by atoms with Gasteiger partial charge in [-0.2, -0.15) is 0 Å². The molecule has 2 aliphatic heterocycles. The average Bonchev–Trinajstić information content (AvgIpc) is 3.55. The van der Waals surface area contributed by atoms with E-state index in [0.29, 0.717) is 0 Å². The molecular weight excluding hydrogens is 623 g/mol. The van der Waals surface area contributed by atoms with Gasteiger partial charge in [0.15, 0.2) is 5.58 Å². The minimum Gasteiger partial charge on any atom is -0.458 e. The molecule has 1 aromatic heterocycles. The van der Waals surface area contributed by atoms with E-state index in [4.69, 9.17) is 9.15 Å². The normalized spacial score (nSPS) is 12.8. The van der Waals surface area contributed by atoms with Gasteiger partial charge in [-0.3, -0.25) is 0 Å². The average molecular weight is 653 g/mol. The van der Waals surface area contributed by atoms with E-state index < -0.39 is 0 Å². The Morgan fingerprint density at radius 2 is 1.16 bits per heavy atom. The Bertz CT molecular complexity index is 2760. The Balaban J connectivity index is 1.17. The Morgan fingerprint density at radius 3 is 1.92 bits per heavy atom. The number of ether oxygens (including phenoxy) is 1. The summed E-state index contributed by atoms with van der Waals surface area (Å²) in [7, 11) is 0. The zero-order chi connectivity index (χ0) is 33.5. The van der Waals surface area contributed by atoms with Crippen molar-refractivity contribution in [3.8, 4) is 11.5 Å². The molecule has 238 valence electrons. The third kappa shape index (κ3) is 4.22. The van der Waals surface area contributed by atoms with Crippen LogP contribution in [0.3, 0.4) is 0 Å². The van der Waals surface area contributed by atoms with Gasteiger partial charge < -0.3 is 19.0 Å². The van der Waals surface area contributed by atoms with Crippen molar-refractivity contribution in [2.24, 2.45) is 0 Å². The van der Waals surface area contributed by atoms with Gasteiger partial charge in [0.2, 0.25) is 0 Å². The minimum atomic E-state index is 0.0114. The molecule has 0 saturated carbocycles. The zero-order valence-electron chi connectivity index (χ0n) is 27.5. The number of nitrogens with zero attached hydrogens (tertiary/aromatic N) is 2. The van der Waals surface area contributed by atoms with Crippen molar-refractivity contribution >= 4 is 89.9 Å². The van der Waals surface area contributed by atoms with Crippen LogP contribution in [0.25, 0.3) is 32.7 Å². The van der Waals surface area contributed by atoms with Gasteiger partial charge in [-0.25, -0.2) is 0 Å². The van der Waals surface area contributed by atoms with E-state index in [1.165, 1.54) is 10.9 Å². The topological polar surface area (TPSA) is 28.9 Å². The summed E-state index contributed by atoms with van der Waals surface area (Å²) in [5.74, 6) is 1.77. The van der Waals surface area contributed by atoms with Crippen LogP contribution < -0.4 is 30.9 Å². The highest BCUT2D eigenvalue weighted by molar-refractivity contribution is 6.99. The summed E-state index contributed by atoms with van der Waals surface area (Å²) < 4.78 is 13.8. The smallest absolute Gasteiger partial charge is 0.256 e. The van der Waals surface area contributed by atoms with E-state index in [1.54, 1.807) is 0 Å². The third-order valence-corrected chi connectivity index (χ3v) is 10.4. The Morgan fingerprint density at radius 1 is 0.490 bits per heavy atom. The van der Waals surface area contributed by atoms with Gasteiger partial charge in [-0.05, 0) is 101 Å². The fraction of sp³-hybridized carbons (Fsp3) is 0. The lowest BCUT2D eigenvalue weighted by atomic mass is 9.34. The first-order chi connectivity index (χ1) is 25.3. The van der Waals surface area contributed by atoms with Crippen LogP contribution in [-0.2, 0) is 0 Å². The molecule has 51 heavy (non-hydrogen) atoms. The van der Waals surface area contributed by atoms with Crippen molar-refractivity contribution in [3.63, 3.8) is 0 Å². The Hall–Kier alpha value is -6.72. The summed E-state index contributed by atoms with van der Waals surface area (Å²) in [4.78, 5) is 4.66. The number of hydrogen-bond donors (Lipinski definition) is 0. The second kappa shape index (κ2) is 10.9. The molecule has 0 atom stereocenters. The molecule has 4 nitrogen and oxygen atoms in total. The lowest BCUT2D eigenvalue weighted by Crippen LogP contribution is -2.59. The van der Waals surface area contributed by atoms with Crippen LogP contribution in [0.1, 0.15) is 0 Å². The fourth-order valence-electron chi connectivity index (χ4n) is 8.25. The van der Waals surface area contributed by atoms with Crippen LogP contribution in [-0.4, -0.2) is 6.71 Å². The summed E-state index contributed by atoms with van der Waals surface area (Å²) in [6, 6.07) is 62.2. The van der Waals surface area contributed by atoms with E-state index in [-0.39, 0.29) is 6.71 Å². The molecule has 0 aliphatic carbocycles. The van der Waals surface area contributed by atoms with Gasteiger partial charge in [0.25, 0.3) is 6.71 Å². The fourth-order valence-corrected chi connectivity index (χ4v) is 8.25. The number of hydrogen-bond acceptors (Lipinski definition) is 4. The summed E-state index contributed by atoms with van der Waals surface area (Å²) in [6.45, 7) is 0.0114. The Kier molecular flexibility index (Phi) is 6.01. The van der Waals surface area contributed by atoms with Gasteiger partial charge in [0.05, 0.1) is 5.69 Å². The van der Waals surface area contributed by atoms with Crippen molar-refractivity contribution in [3.05, 3.63) is 176 Å². The number of anilines is 6. The first kappa shape index (κ1) is 28.2. The SMILES string of the molecule is c1ccc(N(c2ccccc2)c2ccc3cc4c(cc3c2)oc2c3c5c(cc24)Oc2ccccc2B5c2ccccc2N3c2ccccc2)cc1. The highest BCUT2D eigenvalue weighted by atomic mass is 16.5. The number of benzene rings is 8. The number of rotatable bonds is 4. The largest absolute Gasteiger partial charge is 0.458 e. The maximum Gasteiger partial charge on any atom is 0.256 e. The molecule has 0 spiro atoms. The molecule has 3 heterocycles. The molecule has 0 saturated heterocycles. The van der Waals surface area contributed by atoms with Crippen molar-refractivity contribution < 1.29 is 9.15 Å². The van der Waals surface area contributed by atoms with Crippen LogP contribution in [0.2, 0.25) is 0 Å². The van der Waals surface area contributed by atoms with Gasteiger partial charge in [0.1, 0.15) is 17.1 Å². The molecule has 9 aromatic rings. The van der Waals surface area contributed by atoms with Crippen LogP contribution >= 0.6 is 0 Å². The van der Waals surface area contributed by atoms with Crippen LogP contribution in [0.4, 0.5) is 34.1 Å². The summed E-state index contributed by atoms with van der Waals surface area (Å²) in [5, 5.41) is 4.37. The Labute approximate surface area is 295 Å². The van der Waals surface area contributed by atoms with E-state index in [2.05, 4.69) is 186 Å². The van der Waals surface area contributed by atoms with Crippen LogP contribution in [0, 0.1) is 0 Å². The minimum absolute atomic E-state index is 0.0114. The van der Waals surface area contributed by atoms with Crippen LogP contribution in [0.15, 0.2) is 180 Å². The van der Waals surface area contributed by atoms with Crippen LogP contribution in [0.5, 0.6) is 11.5 Å². The van der Waals surface area contributed by atoms with E-state index in [0.717, 1.165) is 83.8 Å². The van der Waals surface area contributed by atoms with Crippen molar-refractivity contribution in [2.45, 2.75) is 0 Å². The molecule has 0 amide bonds. The molecule has 8 aromatic carbocycles. The van der Waals surface area contributed by atoms with E-state index in [1.807, 2.05) is 0 Å². The summed E-state index contributed by atoms with van der Waals surface area (Å²) in [5.41, 5.74) is 11.8. The molecule has 0 bridgehead atoms. The maximum atomic E-state index is 7.04. The first-order valence-corrected chi connectivity index (χ1v) is 17.4. The first-order valence-electron chi connectivity index (χ1n) is 17.4. The molecule has 0 unspecified atom stereocenters. The predicted molar refractivity (Wildman–Crippen MR) is 212 cm³/mol. The monoisotopic (exact) mass is 652 g/mol. The summed E-state index contributed by atoms with van der Waals surface area (Å²) in [6.07, 6.45) is 0. The zero-order valence-corrected chi connectivity index (χ0v) is 27.5. The molecule has 5 heteroatoms. The molecular formula is C46H29BN2O2. The van der Waals surface area contributed by atoms with Crippen molar-refractivity contribution in [1.82, 2.24) is 0 Å². The van der Waals surface area contributed by atoms with Crippen molar-refractivity contribution in [2.75, 3.05) is 9.80 Å². The maximum absolute atomic E-state index is 7.04. The van der Waals surface area contributed by atoms with Gasteiger partial charge in [-0.15, -0.1) is 0 Å². The lowest BCUT2D eigenvalue weighted by molar-refractivity contribution is 0.488. The standard InChI is InChI=1S/C46H29BN2O2/c1-4-14-32(15-5-1)48(33-16-6-2-7-17-33)35-25-24-30-27-36-37-29-43-44-45(46(37)51-42(36)28-31(30)26-35)49(34-18-8-3-9-19-34)40-22-12-10-20-38(40)47(44)39-21-11-13-23-41(39)50-43/h1-29H. The number of fused-ring (bicyclic) bond motifs is 9. The molecule has 0 N–H and O–H groups in total. The van der Waals surface area contributed by atoms with Gasteiger partial charge >= 0.3 is 0 Å². The van der Waals surface area contributed by atoms with Gasteiger partial charge in [-0.1, -0.05) is 97.1 Å². The second-order valence-corrected chi connectivity index (χ2v) is 13.3. The predicted octanol–water partition coefficient (Wildman–Crippen LogP) is 10.6. The number of furan rings is 1. The van der Waals surface area contributed by atoms with E-state index in [9.17, 15) is 0 Å². The molecule has 0 fully saturated rings. The molecule has 2 aliphatic rings. The lowest BCUT2D eigenvalue weighted by Gasteiger charge is -2.39. The quantitative estimate of drug-likeness (QED) is 0.177. The highest BCUT2D eigenvalue weighted by Gasteiger charge is 2.43.